The van der Waals surface area contributed by atoms with E-state index in [0.29, 0.717) is 22.5 Å². The number of rotatable bonds is 6. The molecule has 0 saturated carbocycles. The molecule has 0 heterocycles. The average Bonchev–Trinajstić information content (AvgIpc) is 2.62. The fraction of sp³-hybridized carbons (Fsp3) is 0.429. The minimum absolute atomic E-state index is 0.00716. The van der Waals surface area contributed by atoms with Gasteiger partial charge in [-0.05, 0) is 35.3 Å². The third kappa shape index (κ3) is 5.19. The second-order valence-electron chi connectivity index (χ2n) is 7.14. The van der Waals surface area contributed by atoms with Gasteiger partial charge in [-0.3, -0.25) is 9.59 Å². The first-order chi connectivity index (χ1) is 13.5. The van der Waals surface area contributed by atoms with Gasteiger partial charge in [0, 0.05) is 26.4 Å². The van der Waals surface area contributed by atoms with E-state index >= 15 is 0 Å². The van der Waals surface area contributed by atoms with E-state index in [1.54, 1.807) is 12.2 Å². The van der Waals surface area contributed by atoms with E-state index in [2.05, 4.69) is 0 Å². The lowest BCUT2D eigenvalue weighted by Crippen LogP contribution is -2.26. The molecule has 1 aromatic carbocycles. The fourth-order valence-electron chi connectivity index (χ4n) is 3.51. The average molecular weight is 411 g/mol. The Morgan fingerprint density at radius 1 is 1.24 bits per heavy atom. The quantitative estimate of drug-likeness (QED) is 0.756. The normalized spacial score (nSPS) is 19.3. The standard InChI is InChI=1S/C21H24F3NO4/c1-12-14(10-19(27)28)5-8-18(29-4)20(12)17-7-6-16(21(22,23)24)9-15(17)11-25(3)13(2)26/h5-9,12,20H,10-11H2,1-4H3,(H,27,28). The number of nitrogens with zero attached hydrogens (tertiary/aromatic N) is 1. The predicted molar refractivity (Wildman–Crippen MR) is 101 cm³/mol. The molecule has 0 saturated heterocycles. The number of amides is 1. The van der Waals surface area contributed by atoms with Crippen molar-refractivity contribution in [1.29, 1.82) is 0 Å². The number of allylic oxidation sites excluding steroid dienone is 3. The lowest BCUT2D eigenvalue weighted by molar-refractivity contribution is -0.138. The molecule has 2 rings (SSSR count). The van der Waals surface area contributed by atoms with Crippen LogP contribution in [0.25, 0.3) is 0 Å². The van der Waals surface area contributed by atoms with Crippen LogP contribution in [0.4, 0.5) is 13.2 Å². The molecule has 158 valence electrons. The Bertz CT molecular complexity index is 858. The van der Waals surface area contributed by atoms with E-state index in [4.69, 9.17) is 9.84 Å². The molecule has 1 N–H and O–H groups in total. The van der Waals surface area contributed by atoms with E-state index in [1.807, 2.05) is 6.92 Å². The topological polar surface area (TPSA) is 66.8 Å². The van der Waals surface area contributed by atoms with Crippen molar-refractivity contribution in [3.8, 4) is 0 Å². The number of benzene rings is 1. The Balaban J connectivity index is 2.58. The van der Waals surface area contributed by atoms with Gasteiger partial charge in [-0.25, -0.2) is 0 Å². The third-order valence-electron chi connectivity index (χ3n) is 5.19. The maximum atomic E-state index is 13.3. The summed E-state index contributed by atoms with van der Waals surface area (Å²) in [6.07, 6.45) is -1.36. The van der Waals surface area contributed by atoms with E-state index < -0.39 is 23.6 Å². The number of carboxylic acids is 1. The molecule has 29 heavy (non-hydrogen) atoms. The largest absolute Gasteiger partial charge is 0.500 e. The van der Waals surface area contributed by atoms with Crippen molar-refractivity contribution in [3.63, 3.8) is 0 Å². The number of methoxy groups -OCH3 is 1. The van der Waals surface area contributed by atoms with Crippen molar-refractivity contribution < 1.29 is 32.6 Å². The first-order valence-corrected chi connectivity index (χ1v) is 9.03. The Labute approximate surface area is 167 Å². The van der Waals surface area contributed by atoms with Crippen LogP contribution in [0, 0.1) is 5.92 Å². The molecule has 8 heteroatoms. The second-order valence-corrected chi connectivity index (χ2v) is 7.14. The summed E-state index contributed by atoms with van der Waals surface area (Å²) in [5.41, 5.74) is 0.756. The summed E-state index contributed by atoms with van der Waals surface area (Å²) in [7, 11) is 2.98. The van der Waals surface area contributed by atoms with Crippen molar-refractivity contribution >= 4 is 11.9 Å². The molecule has 1 aliphatic carbocycles. The van der Waals surface area contributed by atoms with Crippen LogP contribution in [-0.2, 0) is 27.0 Å². The predicted octanol–water partition coefficient (Wildman–Crippen LogP) is 4.35. The maximum absolute atomic E-state index is 13.3. The number of aliphatic carboxylic acids is 1. The number of halogens is 3. The van der Waals surface area contributed by atoms with E-state index in [1.165, 1.54) is 32.0 Å². The van der Waals surface area contributed by atoms with Crippen molar-refractivity contribution in [2.45, 2.75) is 38.9 Å². The van der Waals surface area contributed by atoms with Gasteiger partial charge in [0.15, 0.2) is 0 Å². The Morgan fingerprint density at radius 2 is 1.90 bits per heavy atom. The molecule has 2 atom stereocenters. The first kappa shape index (κ1) is 22.5. The SMILES string of the molecule is COC1=CC=C(CC(=O)O)C(C)C1c1ccc(C(F)(F)F)cc1CN(C)C(C)=O. The van der Waals surface area contributed by atoms with Crippen LogP contribution >= 0.6 is 0 Å². The molecule has 0 radical (unpaired) electrons. The molecule has 0 aliphatic heterocycles. The van der Waals surface area contributed by atoms with Crippen molar-refractivity contribution in [1.82, 2.24) is 4.90 Å². The summed E-state index contributed by atoms with van der Waals surface area (Å²) in [4.78, 5) is 24.2. The van der Waals surface area contributed by atoms with Crippen LogP contribution in [-0.4, -0.2) is 36.0 Å². The van der Waals surface area contributed by atoms with Crippen LogP contribution in [0.5, 0.6) is 0 Å². The van der Waals surface area contributed by atoms with Gasteiger partial charge in [0.1, 0.15) is 5.76 Å². The van der Waals surface area contributed by atoms with Crippen LogP contribution in [0.3, 0.4) is 0 Å². The van der Waals surface area contributed by atoms with E-state index in [0.717, 1.165) is 12.1 Å². The second kappa shape index (κ2) is 8.71. The Morgan fingerprint density at radius 3 is 2.41 bits per heavy atom. The van der Waals surface area contributed by atoms with Crippen LogP contribution in [0.2, 0.25) is 0 Å². The third-order valence-corrected chi connectivity index (χ3v) is 5.19. The summed E-state index contributed by atoms with van der Waals surface area (Å²) in [5.74, 6) is -1.50. The first-order valence-electron chi connectivity index (χ1n) is 9.03. The lowest BCUT2D eigenvalue weighted by atomic mass is 9.75. The molecule has 1 aromatic rings. The summed E-state index contributed by atoms with van der Waals surface area (Å²) >= 11 is 0. The number of hydrogen-bond donors (Lipinski definition) is 1. The van der Waals surface area contributed by atoms with Crippen LogP contribution in [0.1, 0.15) is 42.9 Å². The molecule has 2 unspecified atom stereocenters. The van der Waals surface area contributed by atoms with Gasteiger partial charge in [0.05, 0.1) is 19.1 Å². The molecular formula is C21H24F3NO4. The van der Waals surface area contributed by atoms with Crippen molar-refractivity contribution in [2.24, 2.45) is 5.92 Å². The molecule has 1 amide bonds. The highest BCUT2D eigenvalue weighted by molar-refractivity contribution is 5.73. The molecule has 1 aliphatic rings. The highest BCUT2D eigenvalue weighted by Gasteiger charge is 2.35. The smallest absolute Gasteiger partial charge is 0.416 e. The Kier molecular flexibility index (Phi) is 6.77. The monoisotopic (exact) mass is 411 g/mol. The van der Waals surface area contributed by atoms with Crippen LogP contribution < -0.4 is 0 Å². The fourth-order valence-corrected chi connectivity index (χ4v) is 3.51. The molecular weight excluding hydrogens is 387 g/mol. The zero-order valence-corrected chi connectivity index (χ0v) is 16.7. The van der Waals surface area contributed by atoms with Gasteiger partial charge in [-0.1, -0.05) is 24.6 Å². The van der Waals surface area contributed by atoms with Crippen molar-refractivity contribution in [3.05, 3.63) is 58.4 Å². The minimum atomic E-state index is -4.52. The number of ether oxygens (including phenoxy) is 1. The van der Waals surface area contributed by atoms with Gasteiger partial charge < -0.3 is 14.7 Å². The van der Waals surface area contributed by atoms with Crippen molar-refractivity contribution in [2.75, 3.05) is 14.2 Å². The van der Waals surface area contributed by atoms with Gasteiger partial charge in [-0.2, -0.15) is 13.2 Å². The number of carbonyl (C=O) groups excluding carboxylic acids is 1. The van der Waals surface area contributed by atoms with E-state index in [9.17, 15) is 22.8 Å². The van der Waals surface area contributed by atoms with Gasteiger partial charge in [-0.15, -0.1) is 0 Å². The maximum Gasteiger partial charge on any atom is 0.416 e. The number of carbonyl (C=O) groups is 2. The highest BCUT2D eigenvalue weighted by Crippen LogP contribution is 2.43. The summed E-state index contributed by atoms with van der Waals surface area (Å²) in [6.45, 7) is 3.15. The highest BCUT2D eigenvalue weighted by atomic mass is 19.4. The number of alkyl halides is 3. The van der Waals surface area contributed by atoms with Gasteiger partial charge >= 0.3 is 12.1 Å². The summed E-state index contributed by atoms with van der Waals surface area (Å²) in [5, 5.41) is 9.16. The molecule has 5 nitrogen and oxygen atoms in total. The minimum Gasteiger partial charge on any atom is -0.500 e. The van der Waals surface area contributed by atoms with Crippen LogP contribution in [0.15, 0.2) is 41.7 Å². The number of hydrogen-bond acceptors (Lipinski definition) is 3. The summed E-state index contributed by atoms with van der Waals surface area (Å²) < 4.78 is 45.3. The van der Waals surface area contributed by atoms with E-state index in [-0.39, 0.29) is 24.8 Å². The lowest BCUT2D eigenvalue weighted by Gasteiger charge is -2.33. The molecule has 0 spiro atoms. The zero-order chi connectivity index (χ0) is 21.9. The van der Waals surface area contributed by atoms with Gasteiger partial charge in [0.25, 0.3) is 0 Å². The Hall–Kier alpha value is -2.77. The molecule has 0 fully saturated rings. The van der Waals surface area contributed by atoms with Gasteiger partial charge in [0.2, 0.25) is 5.91 Å². The summed E-state index contributed by atoms with van der Waals surface area (Å²) in [6, 6.07) is 3.44. The zero-order valence-electron chi connectivity index (χ0n) is 16.7. The molecule has 0 bridgehead atoms. The number of carboxylic acid groups (broad SMARTS) is 1. The molecule has 0 aromatic heterocycles.